The highest BCUT2D eigenvalue weighted by Gasteiger charge is 2.30. The van der Waals surface area contributed by atoms with Crippen LogP contribution in [0.2, 0.25) is 0 Å². The maximum atomic E-state index is 12.0. The number of alkyl halides is 1. The van der Waals surface area contributed by atoms with Gasteiger partial charge in [-0.15, -0.1) is 11.6 Å². The van der Waals surface area contributed by atoms with Crippen LogP contribution in [0.4, 0.5) is 16.4 Å². The summed E-state index contributed by atoms with van der Waals surface area (Å²) >= 11 is 5.81. The standard InChI is InChI=1S/C15H20ClN3O3/c1-15(2,3)22-14(21)18-11-5-4-6-12(17-11)19-9-10(8-16)7-13(19)20/h4-6,10H,7-9H2,1-3H3,(H,17,18,21). The quantitative estimate of drug-likeness (QED) is 0.867. The van der Waals surface area contributed by atoms with E-state index in [0.717, 1.165) is 0 Å². The van der Waals surface area contributed by atoms with Crippen LogP contribution in [0.25, 0.3) is 0 Å². The lowest BCUT2D eigenvalue weighted by Crippen LogP contribution is -2.28. The molecule has 0 aliphatic carbocycles. The van der Waals surface area contributed by atoms with E-state index in [1.54, 1.807) is 43.9 Å². The number of hydrogen-bond acceptors (Lipinski definition) is 4. The van der Waals surface area contributed by atoms with Crippen molar-refractivity contribution in [1.29, 1.82) is 0 Å². The molecule has 1 atom stereocenters. The minimum atomic E-state index is -0.583. The van der Waals surface area contributed by atoms with Gasteiger partial charge in [-0.3, -0.25) is 15.0 Å². The van der Waals surface area contributed by atoms with Crippen LogP contribution in [0.15, 0.2) is 18.2 Å². The molecule has 1 N–H and O–H groups in total. The highest BCUT2D eigenvalue weighted by Crippen LogP contribution is 2.25. The number of ether oxygens (including phenoxy) is 1. The summed E-state index contributed by atoms with van der Waals surface area (Å²) in [6.45, 7) is 5.90. The Labute approximate surface area is 134 Å². The third-order valence-electron chi connectivity index (χ3n) is 3.06. The third-order valence-corrected chi connectivity index (χ3v) is 3.50. The zero-order valence-electron chi connectivity index (χ0n) is 12.9. The molecule has 1 aromatic heterocycles. The van der Waals surface area contributed by atoms with E-state index in [1.165, 1.54) is 0 Å². The van der Waals surface area contributed by atoms with Crippen molar-refractivity contribution in [1.82, 2.24) is 4.98 Å². The highest BCUT2D eigenvalue weighted by atomic mass is 35.5. The minimum absolute atomic E-state index is 0.00688. The number of hydrogen-bond donors (Lipinski definition) is 1. The van der Waals surface area contributed by atoms with E-state index in [9.17, 15) is 9.59 Å². The summed E-state index contributed by atoms with van der Waals surface area (Å²) in [5.74, 6) is 1.42. The molecule has 7 heteroatoms. The number of nitrogens with zero attached hydrogens (tertiary/aromatic N) is 2. The predicted octanol–water partition coefficient (Wildman–Crippen LogP) is 3.02. The zero-order valence-corrected chi connectivity index (χ0v) is 13.7. The number of rotatable bonds is 3. The lowest BCUT2D eigenvalue weighted by atomic mass is 10.1. The molecule has 2 amide bonds. The number of carbonyl (C=O) groups is 2. The fraction of sp³-hybridized carbons (Fsp3) is 0.533. The Morgan fingerprint density at radius 3 is 2.82 bits per heavy atom. The average molecular weight is 326 g/mol. The van der Waals surface area contributed by atoms with Crippen LogP contribution in [0, 0.1) is 5.92 Å². The van der Waals surface area contributed by atoms with E-state index in [4.69, 9.17) is 16.3 Å². The molecule has 2 rings (SSSR count). The number of amides is 2. The van der Waals surface area contributed by atoms with Crippen LogP contribution < -0.4 is 10.2 Å². The lowest BCUT2D eigenvalue weighted by Gasteiger charge is -2.20. The van der Waals surface area contributed by atoms with Crippen LogP contribution in [0.5, 0.6) is 0 Å². The zero-order chi connectivity index (χ0) is 16.3. The molecule has 0 spiro atoms. The molecule has 1 aliphatic rings. The first-order valence-electron chi connectivity index (χ1n) is 7.12. The van der Waals surface area contributed by atoms with Crippen LogP contribution in [-0.4, -0.2) is 35.0 Å². The summed E-state index contributed by atoms with van der Waals surface area (Å²) < 4.78 is 5.17. The second-order valence-corrected chi connectivity index (χ2v) is 6.55. The Kier molecular flexibility index (Phi) is 4.90. The van der Waals surface area contributed by atoms with Gasteiger partial charge in [-0.05, 0) is 38.8 Å². The summed E-state index contributed by atoms with van der Waals surface area (Å²) in [6.07, 6.45) is -0.155. The van der Waals surface area contributed by atoms with Crippen LogP contribution >= 0.6 is 11.6 Å². The smallest absolute Gasteiger partial charge is 0.413 e. The summed E-state index contributed by atoms with van der Waals surface area (Å²) in [6, 6.07) is 5.11. The van der Waals surface area contributed by atoms with Gasteiger partial charge >= 0.3 is 6.09 Å². The summed E-state index contributed by atoms with van der Waals surface area (Å²) in [4.78, 5) is 29.6. The maximum Gasteiger partial charge on any atom is 0.413 e. The lowest BCUT2D eigenvalue weighted by molar-refractivity contribution is -0.117. The van der Waals surface area contributed by atoms with Crippen LogP contribution in [-0.2, 0) is 9.53 Å². The molecule has 0 radical (unpaired) electrons. The fourth-order valence-corrected chi connectivity index (χ4v) is 2.36. The number of pyridine rings is 1. The largest absolute Gasteiger partial charge is 0.444 e. The van der Waals surface area contributed by atoms with Crippen LogP contribution in [0.1, 0.15) is 27.2 Å². The number of halogens is 1. The van der Waals surface area contributed by atoms with Crippen molar-refractivity contribution >= 4 is 35.2 Å². The van der Waals surface area contributed by atoms with E-state index >= 15 is 0 Å². The van der Waals surface area contributed by atoms with Gasteiger partial charge in [-0.25, -0.2) is 9.78 Å². The highest BCUT2D eigenvalue weighted by molar-refractivity contribution is 6.18. The van der Waals surface area contributed by atoms with E-state index < -0.39 is 11.7 Å². The number of carbonyl (C=O) groups excluding carboxylic acids is 2. The SMILES string of the molecule is CC(C)(C)OC(=O)Nc1cccc(N2CC(CCl)CC2=O)n1. The molecule has 1 saturated heterocycles. The molecule has 1 aromatic rings. The molecular formula is C15H20ClN3O3. The van der Waals surface area contributed by atoms with Gasteiger partial charge in [-0.2, -0.15) is 0 Å². The van der Waals surface area contributed by atoms with Gasteiger partial charge < -0.3 is 4.74 Å². The van der Waals surface area contributed by atoms with Gasteiger partial charge in [0, 0.05) is 18.8 Å². The summed E-state index contributed by atoms with van der Waals surface area (Å²) in [5.41, 5.74) is -0.583. The second-order valence-electron chi connectivity index (χ2n) is 6.24. The van der Waals surface area contributed by atoms with E-state index in [-0.39, 0.29) is 11.8 Å². The van der Waals surface area contributed by atoms with Gasteiger partial charge in [0.25, 0.3) is 0 Å². The first-order chi connectivity index (χ1) is 10.3. The van der Waals surface area contributed by atoms with Gasteiger partial charge in [0.1, 0.15) is 17.2 Å². The van der Waals surface area contributed by atoms with Crippen LogP contribution in [0.3, 0.4) is 0 Å². The third kappa shape index (κ3) is 4.34. The van der Waals surface area contributed by atoms with Gasteiger partial charge in [0.05, 0.1) is 0 Å². The molecule has 0 aromatic carbocycles. The summed E-state index contributed by atoms with van der Waals surface area (Å²) in [5, 5.41) is 2.57. The normalized spacial score (nSPS) is 18.5. The molecule has 2 heterocycles. The topological polar surface area (TPSA) is 71.5 Å². The van der Waals surface area contributed by atoms with Crippen molar-refractivity contribution in [2.24, 2.45) is 5.92 Å². The monoisotopic (exact) mass is 325 g/mol. The molecule has 1 aliphatic heterocycles. The van der Waals surface area contributed by atoms with E-state index in [2.05, 4.69) is 10.3 Å². The van der Waals surface area contributed by atoms with Crippen molar-refractivity contribution < 1.29 is 14.3 Å². The Hall–Kier alpha value is -1.82. The predicted molar refractivity (Wildman–Crippen MR) is 85.3 cm³/mol. The number of anilines is 2. The molecule has 0 bridgehead atoms. The van der Waals surface area contributed by atoms with Gasteiger partial charge in [0.15, 0.2) is 0 Å². The molecule has 1 unspecified atom stereocenters. The number of aromatic nitrogens is 1. The average Bonchev–Trinajstić information content (AvgIpc) is 2.78. The van der Waals surface area contributed by atoms with Crippen molar-refractivity contribution in [2.45, 2.75) is 32.8 Å². The maximum absolute atomic E-state index is 12.0. The molecule has 22 heavy (non-hydrogen) atoms. The molecule has 1 fully saturated rings. The van der Waals surface area contributed by atoms with E-state index in [1.807, 2.05) is 0 Å². The van der Waals surface area contributed by atoms with Crippen molar-refractivity contribution in [3.05, 3.63) is 18.2 Å². The van der Waals surface area contributed by atoms with Crippen molar-refractivity contribution in [3.8, 4) is 0 Å². The second kappa shape index (κ2) is 6.52. The Morgan fingerprint density at radius 2 is 2.23 bits per heavy atom. The van der Waals surface area contributed by atoms with Gasteiger partial charge in [-0.1, -0.05) is 6.07 Å². The fourth-order valence-electron chi connectivity index (χ4n) is 2.16. The number of nitrogens with one attached hydrogen (secondary N) is 1. The first-order valence-corrected chi connectivity index (χ1v) is 7.65. The van der Waals surface area contributed by atoms with Crippen molar-refractivity contribution in [3.63, 3.8) is 0 Å². The molecule has 6 nitrogen and oxygen atoms in total. The Balaban J connectivity index is 2.07. The van der Waals surface area contributed by atoms with Crippen molar-refractivity contribution in [2.75, 3.05) is 22.6 Å². The molecule has 120 valence electrons. The Morgan fingerprint density at radius 1 is 1.50 bits per heavy atom. The summed E-state index contributed by atoms with van der Waals surface area (Å²) in [7, 11) is 0. The Bertz CT molecular complexity index is 571. The molecular weight excluding hydrogens is 306 g/mol. The first kappa shape index (κ1) is 16.5. The minimum Gasteiger partial charge on any atom is -0.444 e. The molecule has 0 saturated carbocycles. The van der Waals surface area contributed by atoms with E-state index in [0.29, 0.717) is 30.5 Å². The van der Waals surface area contributed by atoms with Gasteiger partial charge in [0.2, 0.25) is 5.91 Å².